The second-order valence-electron chi connectivity index (χ2n) is 4.80. The molecule has 0 bridgehead atoms. The zero-order valence-corrected chi connectivity index (χ0v) is 7.16. The fraction of sp³-hybridized carbons (Fsp3) is 1.00. The van der Waals surface area contributed by atoms with Crippen molar-refractivity contribution in [2.24, 2.45) is 5.41 Å². The Morgan fingerprint density at radius 1 is 1.17 bits per heavy atom. The lowest BCUT2D eigenvalue weighted by molar-refractivity contribution is -0.246. The highest BCUT2D eigenvalue weighted by Crippen LogP contribution is 2.58. The van der Waals surface area contributed by atoms with Gasteiger partial charge in [-0.15, -0.1) is 0 Å². The third-order valence-electron chi connectivity index (χ3n) is 3.85. The van der Waals surface area contributed by atoms with Crippen molar-refractivity contribution in [3.63, 3.8) is 0 Å². The van der Waals surface area contributed by atoms with Crippen molar-refractivity contribution in [3.8, 4) is 0 Å². The Balaban J connectivity index is 1.86. The Morgan fingerprint density at radius 3 is 2.50 bits per heavy atom. The standard InChI is InChI=1S/C9H15NO2/c11-9(12)2-1-7-5-8(3-4-8)6-10(7)9/h7,11-12H,1-6H2. The van der Waals surface area contributed by atoms with Gasteiger partial charge in [-0.2, -0.15) is 0 Å². The highest BCUT2D eigenvalue weighted by Gasteiger charge is 2.58. The van der Waals surface area contributed by atoms with Gasteiger partial charge in [0.15, 0.2) is 0 Å². The van der Waals surface area contributed by atoms with Crippen molar-refractivity contribution in [2.75, 3.05) is 6.54 Å². The number of nitrogens with zero attached hydrogens (tertiary/aromatic N) is 1. The van der Waals surface area contributed by atoms with E-state index < -0.39 is 5.91 Å². The largest absolute Gasteiger partial charge is 0.353 e. The van der Waals surface area contributed by atoms with Gasteiger partial charge >= 0.3 is 0 Å². The maximum Gasteiger partial charge on any atom is 0.225 e. The minimum Gasteiger partial charge on any atom is -0.353 e. The Hall–Kier alpha value is -0.120. The van der Waals surface area contributed by atoms with Crippen LogP contribution in [0.5, 0.6) is 0 Å². The van der Waals surface area contributed by atoms with E-state index in [1.165, 1.54) is 19.3 Å². The average Bonchev–Trinajstić information content (AvgIpc) is 2.51. The highest BCUT2D eigenvalue weighted by molar-refractivity contribution is 5.08. The third-order valence-corrected chi connectivity index (χ3v) is 3.85. The summed E-state index contributed by atoms with van der Waals surface area (Å²) in [6, 6.07) is 0.461. The van der Waals surface area contributed by atoms with Crippen LogP contribution in [0.25, 0.3) is 0 Å². The summed E-state index contributed by atoms with van der Waals surface area (Å²) in [5.74, 6) is -1.48. The molecule has 0 radical (unpaired) electrons. The molecule has 1 unspecified atom stereocenters. The normalized spacial score (nSPS) is 42.0. The van der Waals surface area contributed by atoms with Gasteiger partial charge < -0.3 is 10.2 Å². The van der Waals surface area contributed by atoms with Crippen LogP contribution in [0.15, 0.2) is 0 Å². The van der Waals surface area contributed by atoms with Crippen LogP contribution in [0.3, 0.4) is 0 Å². The van der Waals surface area contributed by atoms with Gasteiger partial charge in [0.05, 0.1) is 0 Å². The third kappa shape index (κ3) is 0.817. The first kappa shape index (κ1) is 7.30. The first-order valence-electron chi connectivity index (χ1n) is 4.83. The molecule has 3 heteroatoms. The summed E-state index contributed by atoms with van der Waals surface area (Å²) in [6.45, 7) is 0.921. The number of hydrogen-bond acceptors (Lipinski definition) is 3. The van der Waals surface area contributed by atoms with Gasteiger partial charge in [-0.05, 0) is 31.1 Å². The monoisotopic (exact) mass is 169 g/mol. The van der Waals surface area contributed by atoms with Gasteiger partial charge in [-0.25, -0.2) is 4.90 Å². The lowest BCUT2D eigenvalue weighted by Crippen LogP contribution is -2.44. The second-order valence-corrected chi connectivity index (χ2v) is 4.80. The van der Waals surface area contributed by atoms with E-state index in [0.717, 1.165) is 13.0 Å². The minimum atomic E-state index is -1.48. The molecule has 2 aliphatic heterocycles. The number of rotatable bonds is 0. The number of aliphatic hydroxyl groups is 2. The van der Waals surface area contributed by atoms with Crippen LogP contribution < -0.4 is 0 Å². The molecule has 3 fully saturated rings. The molecule has 12 heavy (non-hydrogen) atoms. The van der Waals surface area contributed by atoms with Gasteiger partial charge in [0.2, 0.25) is 5.91 Å². The molecule has 1 atom stereocenters. The van der Waals surface area contributed by atoms with Crippen molar-refractivity contribution >= 4 is 0 Å². The molecule has 0 aromatic heterocycles. The van der Waals surface area contributed by atoms with Crippen molar-refractivity contribution in [3.05, 3.63) is 0 Å². The first-order valence-corrected chi connectivity index (χ1v) is 4.83. The van der Waals surface area contributed by atoms with Crippen molar-refractivity contribution in [1.29, 1.82) is 0 Å². The lowest BCUT2D eigenvalue weighted by atomic mass is 10.0. The summed E-state index contributed by atoms with van der Waals surface area (Å²) in [4.78, 5) is 1.90. The molecule has 0 aromatic carbocycles. The van der Waals surface area contributed by atoms with Crippen LogP contribution in [-0.2, 0) is 0 Å². The van der Waals surface area contributed by atoms with E-state index in [0.29, 0.717) is 17.9 Å². The molecule has 68 valence electrons. The van der Waals surface area contributed by atoms with Crippen LogP contribution in [0.4, 0.5) is 0 Å². The van der Waals surface area contributed by atoms with Gasteiger partial charge in [-0.1, -0.05) is 0 Å². The predicted molar refractivity (Wildman–Crippen MR) is 43.2 cm³/mol. The van der Waals surface area contributed by atoms with Crippen LogP contribution in [0.2, 0.25) is 0 Å². The minimum absolute atomic E-state index is 0.461. The number of fused-ring (bicyclic) bond motifs is 1. The second kappa shape index (κ2) is 1.86. The zero-order valence-electron chi connectivity index (χ0n) is 7.16. The van der Waals surface area contributed by atoms with Gasteiger partial charge in [-0.3, -0.25) is 0 Å². The van der Waals surface area contributed by atoms with Crippen molar-refractivity contribution in [2.45, 2.75) is 44.1 Å². The van der Waals surface area contributed by atoms with Gasteiger partial charge in [0.1, 0.15) is 0 Å². The molecule has 2 saturated heterocycles. The fourth-order valence-corrected chi connectivity index (χ4v) is 2.88. The highest BCUT2D eigenvalue weighted by atomic mass is 16.5. The number of hydrogen-bond donors (Lipinski definition) is 2. The first-order chi connectivity index (χ1) is 5.61. The molecule has 3 rings (SSSR count). The van der Waals surface area contributed by atoms with E-state index in [-0.39, 0.29) is 0 Å². The van der Waals surface area contributed by atoms with E-state index >= 15 is 0 Å². The molecular weight excluding hydrogens is 154 g/mol. The summed E-state index contributed by atoms with van der Waals surface area (Å²) in [6.07, 6.45) is 5.31. The molecule has 2 N–H and O–H groups in total. The Morgan fingerprint density at radius 2 is 1.92 bits per heavy atom. The van der Waals surface area contributed by atoms with Crippen LogP contribution >= 0.6 is 0 Å². The van der Waals surface area contributed by atoms with Gasteiger partial charge in [0.25, 0.3) is 0 Å². The molecule has 3 nitrogen and oxygen atoms in total. The van der Waals surface area contributed by atoms with Crippen LogP contribution in [0.1, 0.15) is 32.1 Å². The molecule has 1 spiro atoms. The summed E-state index contributed by atoms with van der Waals surface area (Å²) in [7, 11) is 0. The smallest absolute Gasteiger partial charge is 0.225 e. The Labute approximate surface area is 72.0 Å². The summed E-state index contributed by atoms with van der Waals surface area (Å²) in [5, 5.41) is 19.2. The van der Waals surface area contributed by atoms with Crippen molar-refractivity contribution in [1.82, 2.24) is 4.90 Å². The van der Waals surface area contributed by atoms with E-state index in [2.05, 4.69) is 0 Å². The van der Waals surface area contributed by atoms with Crippen molar-refractivity contribution < 1.29 is 10.2 Å². The van der Waals surface area contributed by atoms with Crippen LogP contribution in [0, 0.1) is 5.41 Å². The SMILES string of the molecule is OC1(O)CCC2CC3(CC3)CN21. The molecule has 3 aliphatic rings. The van der Waals surface area contributed by atoms with E-state index in [4.69, 9.17) is 0 Å². The molecule has 1 aliphatic carbocycles. The topological polar surface area (TPSA) is 43.7 Å². The summed E-state index contributed by atoms with van der Waals surface area (Å²) < 4.78 is 0. The molecular formula is C9H15NO2. The maximum absolute atomic E-state index is 9.61. The molecule has 0 aromatic rings. The average molecular weight is 169 g/mol. The Kier molecular flexibility index (Phi) is 1.13. The molecule has 0 amide bonds. The predicted octanol–water partition coefficient (Wildman–Crippen LogP) is 0.273. The molecule has 1 saturated carbocycles. The van der Waals surface area contributed by atoms with E-state index in [1.807, 2.05) is 4.90 Å². The van der Waals surface area contributed by atoms with Crippen LogP contribution in [-0.4, -0.2) is 33.6 Å². The zero-order chi connectivity index (χ0) is 8.40. The Bertz CT molecular complexity index is 223. The van der Waals surface area contributed by atoms with Gasteiger partial charge in [0, 0.05) is 19.0 Å². The maximum atomic E-state index is 9.61. The summed E-state index contributed by atoms with van der Waals surface area (Å²) in [5.41, 5.74) is 0.502. The summed E-state index contributed by atoms with van der Waals surface area (Å²) >= 11 is 0. The quantitative estimate of drug-likeness (QED) is 0.512. The molecule has 2 heterocycles. The van der Waals surface area contributed by atoms with E-state index in [1.54, 1.807) is 0 Å². The van der Waals surface area contributed by atoms with E-state index in [9.17, 15) is 10.2 Å². The fourth-order valence-electron chi connectivity index (χ4n) is 2.88. The lowest BCUT2D eigenvalue weighted by Gasteiger charge is -2.27.